The summed E-state index contributed by atoms with van der Waals surface area (Å²) < 4.78 is 4.69. The Morgan fingerprint density at radius 1 is 0.423 bits per heavy atom. The van der Waals surface area contributed by atoms with Gasteiger partial charge in [0.25, 0.3) is 0 Å². The minimum atomic E-state index is 0.424. The van der Waals surface area contributed by atoms with E-state index in [1.165, 1.54) is 0 Å². The molecule has 242 valence electrons. The third-order valence-electron chi connectivity index (χ3n) is 9.94. The van der Waals surface area contributed by atoms with Crippen molar-refractivity contribution < 1.29 is 0 Å². The minimum Gasteiger partial charge on any atom is -0.309 e. The number of rotatable bonds is 5. The topological polar surface area (TPSA) is 40.0 Å². The van der Waals surface area contributed by atoms with Gasteiger partial charge in [0.15, 0.2) is 5.82 Å². The molecule has 0 bridgehead atoms. The molecule has 5 heteroatoms. The average molecular weight is 664 g/mol. The predicted octanol–water partition coefficient (Wildman–Crippen LogP) is 12.2. The first-order valence-electron chi connectivity index (χ1n) is 17.3. The Balaban J connectivity index is 1.49. The summed E-state index contributed by atoms with van der Waals surface area (Å²) in [6.45, 7) is 8.76. The third-order valence-corrected chi connectivity index (χ3v) is 9.94. The maximum atomic E-state index is 8.76. The molecule has 10 rings (SSSR count). The molecule has 0 unspecified atom stereocenters. The van der Waals surface area contributed by atoms with E-state index in [9.17, 15) is 0 Å². The van der Waals surface area contributed by atoms with Crippen LogP contribution in [-0.4, -0.2) is 19.1 Å². The fourth-order valence-corrected chi connectivity index (χ4v) is 7.77. The second-order valence-corrected chi connectivity index (χ2v) is 12.9. The van der Waals surface area contributed by atoms with Crippen LogP contribution in [0.3, 0.4) is 0 Å². The van der Waals surface area contributed by atoms with Crippen LogP contribution in [0.15, 0.2) is 176 Å². The molecular weight excluding hydrogens is 635 g/mol. The predicted molar refractivity (Wildman–Crippen MR) is 213 cm³/mol. The Morgan fingerprint density at radius 2 is 0.846 bits per heavy atom. The van der Waals surface area contributed by atoms with E-state index in [1.807, 2.05) is 72.8 Å². The number of hydrogen-bond acceptors (Lipinski definition) is 2. The van der Waals surface area contributed by atoms with Gasteiger partial charge in [0.2, 0.25) is 5.69 Å². The van der Waals surface area contributed by atoms with Crippen LogP contribution in [0.4, 0.5) is 5.69 Å². The monoisotopic (exact) mass is 663 g/mol. The quantitative estimate of drug-likeness (QED) is 0.172. The molecule has 0 N–H and O–H groups in total. The van der Waals surface area contributed by atoms with Gasteiger partial charge < -0.3 is 9.13 Å². The summed E-state index contributed by atoms with van der Waals surface area (Å²) in [6.07, 6.45) is 0. The SMILES string of the molecule is [C-]#[N+]c1c(-c2ccccc2)nc(-c2ccccc2)nc1-c1c2c3ccccc3n(-c3ccccc3)c2cc2c1c1ccccc1n2-c1ccccc1. The fraction of sp³-hybridized carbons (Fsp3) is 0. The zero-order valence-electron chi connectivity index (χ0n) is 28.0. The van der Waals surface area contributed by atoms with Crippen LogP contribution in [0, 0.1) is 6.57 Å². The van der Waals surface area contributed by atoms with Crippen molar-refractivity contribution in [3.8, 4) is 45.3 Å². The van der Waals surface area contributed by atoms with Crippen LogP contribution in [0.1, 0.15) is 0 Å². The van der Waals surface area contributed by atoms with E-state index in [-0.39, 0.29) is 0 Å². The summed E-state index contributed by atoms with van der Waals surface area (Å²) in [6, 6.07) is 60.6. The molecule has 0 aliphatic heterocycles. The van der Waals surface area contributed by atoms with Gasteiger partial charge in [-0.1, -0.05) is 133 Å². The Hall–Kier alpha value is -7.29. The van der Waals surface area contributed by atoms with E-state index in [0.29, 0.717) is 22.9 Å². The summed E-state index contributed by atoms with van der Waals surface area (Å²) >= 11 is 0. The van der Waals surface area contributed by atoms with Crippen molar-refractivity contribution in [3.05, 3.63) is 187 Å². The summed E-state index contributed by atoms with van der Waals surface area (Å²) in [5.74, 6) is 0.575. The molecule has 0 amide bonds. The highest BCUT2D eigenvalue weighted by Gasteiger charge is 2.28. The number of fused-ring (bicyclic) bond motifs is 6. The molecule has 0 saturated heterocycles. The normalized spacial score (nSPS) is 11.4. The van der Waals surface area contributed by atoms with Crippen LogP contribution < -0.4 is 0 Å². The molecule has 7 aromatic carbocycles. The van der Waals surface area contributed by atoms with Crippen molar-refractivity contribution >= 4 is 49.3 Å². The number of benzene rings is 7. The zero-order valence-corrected chi connectivity index (χ0v) is 28.0. The lowest BCUT2D eigenvalue weighted by molar-refractivity contribution is 1.16. The highest BCUT2D eigenvalue weighted by atomic mass is 15.0. The lowest BCUT2D eigenvalue weighted by Crippen LogP contribution is -1.99. The van der Waals surface area contributed by atoms with E-state index >= 15 is 0 Å². The first kappa shape index (κ1) is 29.6. The zero-order chi connectivity index (χ0) is 34.6. The molecule has 0 aliphatic carbocycles. The van der Waals surface area contributed by atoms with E-state index in [1.54, 1.807) is 0 Å². The molecule has 5 nitrogen and oxygen atoms in total. The largest absolute Gasteiger partial charge is 0.309 e. The van der Waals surface area contributed by atoms with Gasteiger partial charge in [-0.15, -0.1) is 0 Å². The van der Waals surface area contributed by atoms with Gasteiger partial charge in [0.05, 0.1) is 40.0 Å². The Kier molecular flexibility index (Phi) is 6.80. The standard InChI is InChI=1S/C47H29N5/c1-48-46-44(31-18-6-2-7-19-31)49-47(32-20-8-3-9-21-32)50-45(46)43-41-35-26-14-16-28-37(35)51(33-22-10-4-11-23-33)39(41)30-40-42(43)36-27-15-17-29-38(36)52(40)34-24-12-5-13-25-34/h2-30H. The first-order valence-corrected chi connectivity index (χ1v) is 17.3. The van der Waals surface area contributed by atoms with Crippen LogP contribution in [0.5, 0.6) is 0 Å². The summed E-state index contributed by atoms with van der Waals surface area (Å²) in [7, 11) is 0. The summed E-state index contributed by atoms with van der Waals surface area (Å²) in [5, 5.41) is 4.27. The Labute approximate surface area is 300 Å². The van der Waals surface area contributed by atoms with E-state index in [0.717, 1.165) is 71.7 Å². The lowest BCUT2D eigenvalue weighted by atomic mass is 9.95. The second-order valence-electron chi connectivity index (χ2n) is 12.9. The Bertz CT molecular complexity index is 2860. The van der Waals surface area contributed by atoms with Crippen LogP contribution in [0.2, 0.25) is 0 Å². The number of para-hydroxylation sites is 4. The summed E-state index contributed by atoms with van der Waals surface area (Å²) in [4.78, 5) is 14.8. The van der Waals surface area contributed by atoms with Crippen LogP contribution >= 0.6 is 0 Å². The molecular formula is C47H29N5. The first-order chi connectivity index (χ1) is 25.8. The minimum absolute atomic E-state index is 0.424. The van der Waals surface area contributed by atoms with Crippen molar-refractivity contribution in [2.75, 3.05) is 0 Å². The maximum absolute atomic E-state index is 8.76. The number of hydrogen-bond donors (Lipinski definition) is 0. The molecule has 0 aliphatic rings. The van der Waals surface area contributed by atoms with Crippen LogP contribution in [0.25, 0.3) is 93.7 Å². The van der Waals surface area contributed by atoms with Crippen LogP contribution in [-0.2, 0) is 0 Å². The van der Waals surface area contributed by atoms with Gasteiger partial charge in [-0.05, 0) is 48.0 Å². The maximum Gasteiger partial charge on any atom is 0.238 e. The molecule has 52 heavy (non-hydrogen) atoms. The van der Waals surface area contributed by atoms with Crippen molar-refractivity contribution in [2.24, 2.45) is 0 Å². The molecule has 0 atom stereocenters. The highest BCUT2D eigenvalue weighted by Crippen LogP contribution is 2.50. The molecule has 0 saturated carbocycles. The van der Waals surface area contributed by atoms with E-state index in [2.05, 4.69) is 117 Å². The molecule has 3 heterocycles. The van der Waals surface area contributed by atoms with Gasteiger partial charge in [0.1, 0.15) is 0 Å². The molecule has 0 radical (unpaired) electrons. The lowest BCUT2D eigenvalue weighted by Gasteiger charge is -2.16. The highest BCUT2D eigenvalue weighted by molar-refractivity contribution is 6.29. The molecule has 3 aromatic heterocycles. The van der Waals surface area contributed by atoms with Gasteiger partial charge in [-0.25, -0.2) is 14.8 Å². The van der Waals surface area contributed by atoms with Crippen molar-refractivity contribution in [1.29, 1.82) is 0 Å². The number of aromatic nitrogens is 4. The molecule has 0 fully saturated rings. The van der Waals surface area contributed by atoms with Gasteiger partial charge in [-0.2, -0.15) is 0 Å². The smallest absolute Gasteiger partial charge is 0.238 e. The average Bonchev–Trinajstić information content (AvgIpc) is 3.73. The van der Waals surface area contributed by atoms with Gasteiger partial charge in [-0.3, -0.25) is 0 Å². The number of nitrogens with zero attached hydrogens (tertiary/aromatic N) is 5. The summed E-state index contributed by atoms with van der Waals surface area (Å²) in [5.41, 5.74) is 10.7. The van der Waals surface area contributed by atoms with E-state index < -0.39 is 0 Å². The Morgan fingerprint density at radius 3 is 1.35 bits per heavy atom. The van der Waals surface area contributed by atoms with Crippen molar-refractivity contribution in [1.82, 2.24) is 19.1 Å². The third kappa shape index (κ3) is 4.49. The van der Waals surface area contributed by atoms with Gasteiger partial charge in [0, 0.05) is 44.0 Å². The second kappa shape index (κ2) is 11.9. The molecule has 0 spiro atoms. The van der Waals surface area contributed by atoms with E-state index in [4.69, 9.17) is 16.5 Å². The van der Waals surface area contributed by atoms with Crippen molar-refractivity contribution in [2.45, 2.75) is 0 Å². The van der Waals surface area contributed by atoms with Crippen molar-refractivity contribution in [3.63, 3.8) is 0 Å². The fourth-order valence-electron chi connectivity index (χ4n) is 7.77. The molecule has 10 aromatic rings. The van der Waals surface area contributed by atoms with Gasteiger partial charge >= 0.3 is 0 Å².